The number of urea groups is 1. The normalized spacial score (nSPS) is 13.1. The summed E-state index contributed by atoms with van der Waals surface area (Å²) >= 11 is 1.39. The summed E-state index contributed by atoms with van der Waals surface area (Å²) in [4.78, 5) is 23.6. The van der Waals surface area contributed by atoms with Gasteiger partial charge in [0.2, 0.25) is 11.1 Å². The van der Waals surface area contributed by atoms with Crippen LogP contribution >= 0.6 is 11.8 Å². The fourth-order valence-corrected chi connectivity index (χ4v) is 3.08. The third-order valence-corrected chi connectivity index (χ3v) is 4.53. The van der Waals surface area contributed by atoms with E-state index >= 15 is 0 Å². The third kappa shape index (κ3) is 4.24. The van der Waals surface area contributed by atoms with Gasteiger partial charge in [-0.25, -0.2) is 13.9 Å². The van der Waals surface area contributed by atoms with E-state index in [1.54, 1.807) is 7.05 Å². The lowest BCUT2D eigenvalue weighted by molar-refractivity contribution is -0.116. The molecule has 1 aromatic carbocycles. The molecule has 25 heavy (non-hydrogen) atoms. The van der Waals surface area contributed by atoms with Crippen LogP contribution in [0.3, 0.4) is 0 Å². The molecule has 2 heterocycles. The number of carbonyl (C=O) groups is 2. The number of thioether (sulfide) groups is 1. The molecule has 0 saturated heterocycles. The Morgan fingerprint density at radius 1 is 1.44 bits per heavy atom. The van der Waals surface area contributed by atoms with E-state index in [1.807, 2.05) is 0 Å². The molecular weight excluding hydrogens is 349 g/mol. The largest absolute Gasteiger partial charge is 0.337 e. The number of anilines is 2. The van der Waals surface area contributed by atoms with Gasteiger partial charge in [0, 0.05) is 25.8 Å². The number of halogens is 1. The maximum atomic E-state index is 13.7. The highest BCUT2D eigenvalue weighted by molar-refractivity contribution is 7.99. The number of aryl methyl sites for hydroxylation is 2. The van der Waals surface area contributed by atoms with Crippen molar-refractivity contribution in [2.24, 2.45) is 7.05 Å². The van der Waals surface area contributed by atoms with Gasteiger partial charge < -0.3 is 16.0 Å². The summed E-state index contributed by atoms with van der Waals surface area (Å²) in [5.74, 6) is -0.0496. The minimum absolute atomic E-state index is 0.156. The number of fused-ring (bicyclic) bond motifs is 1. The summed E-state index contributed by atoms with van der Waals surface area (Å²) in [6.45, 7) is 0.368. The number of nitrogens with one attached hydrogen (secondary N) is 3. The number of amides is 3. The number of nitrogens with zero attached hydrogens (tertiary/aromatic N) is 4. The van der Waals surface area contributed by atoms with E-state index in [4.69, 9.17) is 0 Å². The first kappa shape index (κ1) is 17.1. The smallest absolute Gasteiger partial charge is 0.319 e. The molecule has 0 bridgehead atoms. The second-order valence-corrected chi connectivity index (χ2v) is 6.41. The molecule has 0 unspecified atom stereocenters. The van der Waals surface area contributed by atoms with Crippen molar-refractivity contribution in [1.82, 2.24) is 25.5 Å². The molecular formula is C14H16FN7O2S. The topological polar surface area (TPSA) is 114 Å². The zero-order valence-corrected chi connectivity index (χ0v) is 14.2. The standard InChI is InChI=1S/C14H16FN7O2S/c1-22-14(19-20-21-22)25-5-4-16-13(24)17-10-7-9(15)6-8-2-3-11(23)18-12(8)10/h6-7H,2-5H2,1H3,(H,18,23)(H2,16,17,24). The van der Waals surface area contributed by atoms with Crippen LogP contribution < -0.4 is 16.0 Å². The lowest BCUT2D eigenvalue weighted by atomic mass is 10.0. The van der Waals surface area contributed by atoms with Gasteiger partial charge in [0.25, 0.3) is 0 Å². The van der Waals surface area contributed by atoms with Crippen molar-refractivity contribution in [1.29, 1.82) is 0 Å². The van der Waals surface area contributed by atoms with Gasteiger partial charge in [-0.1, -0.05) is 11.8 Å². The van der Waals surface area contributed by atoms with Crippen molar-refractivity contribution in [2.75, 3.05) is 22.9 Å². The molecule has 0 atom stereocenters. The first-order valence-corrected chi connectivity index (χ1v) is 8.54. The van der Waals surface area contributed by atoms with Crippen LogP contribution in [-0.2, 0) is 18.3 Å². The highest BCUT2D eigenvalue weighted by atomic mass is 32.2. The lowest BCUT2D eigenvalue weighted by Gasteiger charge is -2.20. The van der Waals surface area contributed by atoms with Gasteiger partial charge >= 0.3 is 6.03 Å². The summed E-state index contributed by atoms with van der Waals surface area (Å²) in [5.41, 5.74) is 1.36. The molecule has 0 radical (unpaired) electrons. The number of carbonyl (C=O) groups excluding carboxylic acids is 2. The van der Waals surface area contributed by atoms with Crippen LogP contribution in [0.5, 0.6) is 0 Å². The molecule has 132 valence electrons. The first-order chi connectivity index (χ1) is 12.0. The number of hydrogen-bond acceptors (Lipinski definition) is 6. The molecule has 3 amide bonds. The quantitative estimate of drug-likeness (QED) is 0.541. The molecule has 1 aliphatic heterocycles. The average molecular weight is 365 g/mol. The number of benzene rings is 1. The van der Waals surface area contributed by atoms with E-state index in [1.165, 1.54) is 28.6 Å². The van der Waals surface area contributed by atoms with Gasteiger partial charge in [-0.15, -0.1) is 5.10 Å². The van der Waals surface area contributed by atoms with Crippen molar-refractivity contribution in [3.63, 3.8) is 0 Å². The summed E-state index contributed by atoms with van der Waals surface area (Å²) in [6.07, 6.45) is 0.744. The van der Waals surface area contributed by atoms with Crippen molar-refractivity contribution in [3.05, 3.63) is 23.5 Å². The maximum Gasteiger partial charge on any atom is 0.319 e. The first-order valence-electron chi connectivity index (χ1n) is 7.55. The van der Waals surface area contributed by atoms with Gasteiger partial charge in [0.15, 0.2) is 0 Å². The van der Waals surface area contributed by atoms with Gasteiger partial charge in [-0.05, 0) is 34.5 Å². The highest BCUT2D eigenvalue weighted by Crippen LogP contribution is 2.31. The summed E-state index contributed by atoms with van der Waals surface area (Å²) in [7, 11) is 1.73. The fraction of sp³-hybridized carbons (Fsp3) is 0.357. The molecule has 1 aliphatic rings. The third-order valence-electron chi connectivity index (χ3n) is 3.52. The number of rotatable bonds is 5. The molecule has 1 aromatic heterocycles. The molecule has 0 aliphatic carbocycles. The Morgan fingerprint density at radius 3 is 3.04 bits per heavy atom. The summed E-state index contributed by atoms with van der Waals surface area (Å²) in [5, 5.41) is 19.6. The van der Waals surface area contributed by atoms with E-state index in [0.717, 1.165) is 0 Å². The van der Waals surface area contributed by atoms with Crippen molar-refractivity contribution in [2.45, 2.75) is 18.0 Å². The average Bonchev–Trinajstić information content (AvgIpc) is 2.97. The Balaban J connectivity index is 1.55. The zero-order valence-electron chi connectivity index (χ0n) is 13.4. The predicted molar refractivity (Wildman–Crippen MR) is 89.9 cm³/mol. The van der Waals surface area contributed by atoms with Gasteiger partial charge in [0.1, 0.15) is 5.82 Å². The van der Waals surface area contributed by atoms with Crippen molar-refractivity contribution < 1.29 is 14.0 Å². The maximum absolute atomic E-state index is 13.7. The second-order valence-electron chi connectivity index (χ2n) is 5.35. The van der Waals surface area contributed by atoms with Gasteiger partial charge in [0.05, 0.1) is 11.4 Å². The minimum Gasteiger partial charge on any atom is -0.337 e. The van der Waals surface area contributed by atoms with Crippen molar-refractivity contribution in [3.8, 4) is 0 Å². The molecule has 0 saturated carbocycles. The van der Waals surface area contributed by atoms with E-state index in [2.05, 4.69) is 31.5 Å². The van der Waals surface area contributed by atoms with Crippen LogP contribution in [0, 0.1) is 5.82 Å². The zero-order chi connectivity index (χ0) is 17.8. The molecule has 0 spiro atoms. The van der Waals surface area contributed by atoms with Crippen LogP contribution in [-0.4, -0.2) is 44.4 Å². The van der Waals surface area contributed by atoms with Gasteiger partial charge in [-0.2, -0.15) is 0 Å². The second kappa shape index (κ2) is 7.47. The van der Waals surface area contributed by atoms with Crippen LogP contribution in [0.15, 0.2) is 17.3 Å². The van der Waals surface area contributed by atoms with Crippen LogP contribution in [0.1, 0.15) is 12.0 Å². The Labute approximate surface area is 146 Å². The number of hydrogen-bond donors (Lipinski definition) is 3. The Kier molecular flexibility index (Phi) is 5.12. The SMILES string of the molecule is Cn1nnnc1SCCNC(=O)Nc1cc(F)cc2c1NC(=O)CC2. The minimum atomic E-state index is -0.482. The molecule has 11 heteroatoms. The van der Waals surface area contributed by atoms with Crippen LogP contribution in [0.4, 0.5) is 20.6 Å². The van der Waals surface area contributed by atoms with Crippen LogP contribution in [0.25, 0.3) is 0 Å². The van der Waals surface area contributed by atoms with E-state index in [-0.39, 0.29) is 11.6 Å². The molecule has 3 rings (SSSR count). The lowest BCUT2D eigenvalue weighted by Crippen LogP contribution is -2.31. The van der Waals surface area contributed by atoms with Crippen LogP contribution in [0.2, 0.25) is 0 Å². The summed E-state index contributed by atoms with van der Waals surface area (Å²) in [6, 6.07) is 2.07. The molecule has 0 fully saturated rings. The van der Waals surface area contributed by atoms with E-state index < -0.39 is 11.8 Å². The molecule has 3 N–H and O–H groups in total. The predicted octanol–water partition coefficient (Wildman–Crippen LogP) is 1.15. The fourth-order valence-electron chi connectivity index (χ4n) is 2.37. The molecule has 2 aromatic rings. The van der Waals surface area contributed by atoms with E-state index in [9.17, 15) is 14.0 Å². The number of aromatic nitrogens is 4. The van der Waals surface area contributed by atoms with Crippen molar-refractivity contribution >= 4 is 35.1 Å². The van der Waals surface area contributed by atoms with E-state index in [0.29, 0.717) is 41.5 Å². The summed E-state index contributed by atoms with van der Waals surface area (Å²) < 4.78 is 15.2. The monoisotopic (exact) mass is 365 g/mol. The number of tetrazole rings is 1. The highest BCUT2D eigenvalue weighted by Gasteiger charge is 2.20. The Morgan fingerprint density at radius 2 is 2.28 bits per heavy atom. The van der Waals surface area contributed by atoms with Gasteiger partial charge in [-0.3, -0.25) is 4.79 Å². The Bertz CT molecular complexity index is 810. The molecule has 9 nitrogen and oxygen atoms in total. The Hall–Kier alpha value is -2.69.